The molecule has 0 aromatic heterocycles. The highest BCUT2D eigenvalue weighted by molar-refractivity contribution is 7.92. The molecule has 1 atom stereocenters. The Bertz CT molecular complexity index is 454. The van der Waals surface area contributed by atoms with E-state index in [-0.39, 0.29) is 4.90 Å². The first-order valence-electron chi connectivity index (χ1n) is 4.19. The summed E-state index contributed by atoms with van der Waals surface area (Å²) in [6.07, 6.45) is 0. The fourth-order valence-corrected chi connectivity index (χ4v) is 2.07. The minimum absolute atomic E-state index is 0.254. The molecule has 0 N–H and O–H groups in total. The van der Waals surface area contributed by atoms with Gasteiger partial charge in [-0.25, -0.2) is 8.42 Å². The Balaban J connectivity index is 3.19. The summed E-state index contributed by atoms with van der Waals surface area (Å²) in [5.41, 5.74) is 1.02. The minimum Gasteiger partial charge on any atom is -0.215 e. The molecule has 0 heterocycles. The first-order chi connectivity index (χ1) is 6.48. The Kier molecular flexibility index (Phi) is 2.92. The van der Waals surface area contributed by atoms with Crippen molar-refractivity contribution in [3.63, 3.8) is 0 Å². The second-order valence-corrected chi connectivity index (χ2v) is 5.35. The van der Waals surface area contributed by atoms with E-state index in [0.717, 1.165) is 5.56 Å². The van der Waals surface area contributed by atoms with Crippen molar-refractivity contribution in [3.05, 3.63) is 34.7 Å². The average molecular weight is 210 g/mol. The highest BCUT2D eigenvalue weighted by Crippen LogP contribution is 2.16. The van der Waals surface area contributed by atoms with E-state index in [1.54, 1.807) is 24.3 Å². The van der Waals surface area contributed by atoms with Crippen molar-refractivity contribution >= 4 is 9.84 Å². The van der Waals surface area contributed by atoms with Crippen molar-refractivity contribution in [2.75, 3.05) is 0 Å². The Labute approximate surface area is 84.1 Å². The smallest absolute Gasteiger partial charge is 0.215 e. The van der Waals surface area contributed by atoms with Crippen LogP contribution in [0.25, 0.3) is 4.85 Å². The van der Waals surface area contributed by atoms with Gasteiger partial charge in [-0.15, -0.1) is 0 Å². The van der Waals surface area contributed by atoms with Crippen molar-refractivity contribution in [2.24, 2.45) is 0 Å². The van der Waals surface area contributed by atoms with Gasteiger partial charge in [0, 0.05) is 6.92 Å². The lowest BCUT2D eigenvalue weighted by Gasteiger charge is -2.00. The molecule has 3 nitrogen and oxygen atoms in total. The average Bonchev–Trinajstić information content (AvgIpc) is 2.17. The molecule has 14 heavy (non-hydrogen) atoms. The number of sulfone groups is 1. The van der Waals surface area contributed by atoms with Crippen LogP contribution in [0, 0.1) is 13.5 Å². The largest absolute Gasteiger partial charge is 0.370 e. The van der Waals surface area contributed by atoms with Crippen molar-refractivity contribution in [1.29, 1.82) is 0 Å². The van der Waals surface area contributed by atoms with E-state index in [1.807, 2.05) is 6.92 Å². The van der Waals surface area contributed by atoms with Gasteiger partial charge in [0.1, 0.15) is 0 Å². The van der Waals surface area contributed by atoms with Crippen molar-refractivity contribution in [3.8, 4) is 6.57 Å². The Morgan fingerprint density at radius 3 is 2.21 bits per heavy atom. The third-order valence-electron chi connectivity index (χ3n) is 2.01. The van der Waals surface area contributed by atoms with Gasteiger partial charge in [0.05, 0.1) is 4.90 Å². The normalized spacial score (nSPS) is 13.2. The lowest BCUT2D eigenvalue weighted by atomic mass is 10.2. The van der Waals surface area contributed by atoms with Crippen molar-refractivity contribution in [1.82, 2.24) is 0 Å². The number of nitrogens with zero attached hydrogens (tertiary/aromatic N) is 1. The molecule has 0 bridgehead atoms. The summed E-state index contributed by atoms with van der Waals surface area (Å²) in [7, 11) is -3.40. The first kappa shape index (κ1) is 10.7. The van der Waals surface area contributed by atoms with Crippen LogP contribution < -0.4 is 0 Å². The number of benzene rings is 1. The molecule has 0 aliphatic rings. The summed E-state index contributed by atoms with van der Waals surface area (Å²) in [6, 6.07) is 6.62. The van der Waals surface area contributed by atoms with E-state index in [4.69, 9.17) is 6.57 Å². The summed E-state index contributed by atoms with van der Waals surface area (Å²) >= 11 is 0. The zero-order valence-electron chi connectivity index (χ0n) is 8.14. The van der Waals surface area contributed by atoms with E-state index >= 15 is 0 Å². The van der Waals surface area contributed by atoms with Crippen LogP contribution in [0.2, 0.25) is 0 Å². The highest BCUT2D eigenvalue weighted by Gasteiger charge is 2.30. The van der Waals surface area contributed by atoms with E-state index in [9.17, 15) is 8.42 Å². The molecule has 0 saturated carbocycles. The predicted octanol–water partition coefficient (Wildman–Crippen LogP) is 2.08. The fraction of sp³-hybridized carbons (Fsp3) is 0.300. The maximum Gasteiger partial charge on any atom is 0.370 e. The molecule has 1 aromatic carbocycles. The molecule has 1 rings (SSSR count). The van der Waals surface area contributed by atoms with Crippen LogP contribution >= 0.6 is 0 Å². The van der Waals surface area contributed by atoms with E-state index in [0.29, 0.717) is 0 Å². The van der Waals surface area contributed by atoms with Crippen LogP contribution in [0.3, 0.4) is 0 Å². The monoisotopic (exact) mass is 210 g/mol. The van der Waals surface area contributed by atoms with E-state index in [1.165, 1.54) is 6.92 Å². The maximum atomic E-state index is 11.7. The molecule has 0 saturated heterocycles. The molecule has 4 heteroatoms. The van der Waals surface area contributed by atoms with Gasteiger partial charge in [-0.05, 0) is 19.1 Å². The maximum absolute atomic E-state index is 11.7. The van der Waals surface area contributed by atoms with E-state index < -0.39 is 15.2 Å². The quantitative estimate of drug-likeness (QED) is 0.749. The summed E-state index contributed by atoms with van der Waals surface area (Å²) in [5.74, 6) is 0. The summed E-state index contributed by atoms with van der Waals surface area (Å²) < 4.78 is 23.4. The third kappa shape index (κ3) is 1.94. The topological polar surface area (TPSA) is 38.5 Å². The van der Waals surface area contributed by atoms with Gasteiger partial charge in [0.15, 0.2) is 0 Å². The number of aryl methyl sites for hydroxylation is 1. The van der Waals surface area contributed by atoms with Gasteiger partial charge in [-0.2, -0.15) is 0 Å². The molecule has 0 fully saturated rings. The van der Waals surface area contributed by atoms with Crippen LogP contribution in [0.1, 0.15) is 12.5 Å². The second-order valence-electron chi connectivity index (χ2n) is 3.11. The van der Waals surface area contributed by atoms with E-state index in [2.05, 4.69) is 4.85 Å². The standard InChI is InChI=1S/C10H12NO2S/c1-8-4-6-10(7-5-8)14(12,13)9(2)11-3/h3-7,9H,1-2H3/q+1. The molecule has 0 aliphatic heterocycles. The lowest BCUT2D eigenvalue weighted by Crippen LogP contribution is -2.13. The molecule has 0 radical (unpaired) electrons. The Morgan fingerprint density at radius 1 is 1.29 bits per heavy atom. The molecular formula is C10H12NO2S+. The SMILES string of the molecule is C#[N+]C(C)S(=O)(=O)c1ccc(C)cc1. The highest BCUT2D eigenvalue weighted by atomic mass is 32.2. The Hall–Kier alpha value is -1.34. The van der Waals surface area contributed by atoms with Gasteiger partial charge in [-0.1, -0.05) is 22.5 Å². The van der Waals surface area contributed by atoms with Gasteiger partial charge >= 0.3 is 5.37 Å². The zero-order valence-corrected chi connectivity index (χ0v) is 8.95. The predicted molar refractivity (Wildman–Crippen MR) is 56.1 cm³/mol. The second kappa shape index (κ2) is 3.81. The summed E-state index contributed by atoms with van der Waals surface area (Å²) in [4.78, 5) is 3.53. The van der Waals surface area contributed by atoms with Crippen LogP contribution in [0.15, 0.2) is 29.2 Å². The summed E-state index contributed by atoms with van der Waals surface area (Å²) in [5, 5.41) is -0.898. The van der Waals surface area contributed by atoms with Gasteiger partial charge < -0.3 is 0 Å². The van der Waals surface area contributed by atoms with Crippen LogP contribution in [0.5, 0.6) is 0 Å². The van der Waals surface area contributed by atoms with Crippen LogP contribution in [0.4, 0.5) is 0 Å². The lowest BCUT2D eigenvalue weighted by molar-refractivity contribution is 0.591. The van der Waals surface area contributed by atoms with Gasteiger partial charge in [0.25, 0.3) is 16.4 Å². The van der Waals surface area contributed by atoms with Crippen molar-refractivity contribution in [2.45, 2.75) is 24.1 Å². The van der Waals surface area contributed by atoms with Crippen molar-refractivity contribution < 1.29 is 8.42 Å². The number of hydrogen-bond acceptors (Lipinski definition) is 2. The molecule has 74 valence electrons. The van der Waals surface area contributed by atoms with Crippen LogP contribution in [-0.2, 0) is 9.84 Å². The molecule has 0 amide bonds. The molecular weight excluding hydrogens is 198 g/mol. The first-order valence-corrected chi connectivity index (χ1v) is 5.73. The fourth-order valence-electron chi connectivity index (χ4n) is 1.01. The van der Waals surface area contributed by atoms with Gasteiger partial charge in [0.2, 0.25) is 0 Å². The summed E-state index contributed by atoms with van der Waals surface area (Å²) in [6.45, 7) is 8.32. The number of hydrogen-bond donors (Lipinski definition) is 0. The number of rotatable bonds is 2. The minimum atomic E-state index is -3.40. The Morgan fingerprint density at radius 2 is 1.79 bits per heavy atom. The van der Waals surface area contributed by atoms with Gasteiger partial charge in [-0.3, -0.25) is 0 Å². The molecule has 0 aliphatic carbocycles. The zero-order chi connectivity index (χ0) is 10.8. The molecule has 1 unspecified atom stereocenters. The third-order valence-corrected chi connectivity index (χ3v) is 3.96. The molecule has 1 aromatic rings. The van der Waals surface area contributed by atoms with Crippen LogP contribution in [-0.4, -0.2) is 13.8 Å². The molecule has 0 spiro atoms.